The first-order valence-corrected chi connectivity index (χ1v) is 19.7. The van der Waals surface area contributed by atoms with Crippen molar-refractivity contribution in [1.29, 1.82) is 0 Å². The molecular weight excluding hydrogens is 739 g/mol. The number of nitrogens with zero attached hydrogens (tertiary/aromatic N) is 4. The third-order valence-electron chi connectivity index (χ3n) is 8.88. The average molecular weight is 782 g/mol. The van der Waals surface area contributed by atoms with Gasteiger partial charge in [0.05, 0.1) is 24.0 Å². The van der Waals surface area contributed by atoms with Crippen molar-refractivity contribution in [3.05, 3.63) is 69.5 Å². The molecule has 0 spiro atoms. The summed E-state index contributed by atoms with van der Waals surface area (Å²) in [5.41, 5.74) is 1.78. The predicted molar refractivity (Wildman–Crippen MR) is 215 cm³/mol. The van der Waals surface area contributed by atoms with Crippen LogP contribution in [0.3, 0.4) is 0 Å². The van der Waals surface area contributed by atoms with E-state index in [0.717, 1.165) is 55.0 Å². The number of amides is 4. The molecule has 0 unspecified atom stereocenters. The Morgan fingerprint density at radius 1 is 0.712 bits per heavy atom. The number of nitrogens with one attached hydrogen (secondary N) is 1. The van der Waals surface area contributed by atoms with E-state index in [2.05, 4.69) is 10.2 Å². The van der Waals surface area contributed by atoms with E-state index in [0.29, 0.717) is 57.6 Å². The molecule has 4 amide bonds. The van der Waals surface area contributed by atoms with E-state index < -0.39 is 0 Å². The van der Waals surface area contributed by atoms with E-state index in [-0.39, 0.29) is 36.6 Å². The van der Waals surface area contributed by atoms with Crippen LogP contribution in [-0.2, 0) is 19.2 Å². The van der Waals surface area contributed by atoms with Gasteiger partial charge in [0.2, 0.25) is 11.8 Å². The number of carbonyl (C=O) groups excluding carboxylic acids is 4. The topological polar surface area (TPSA) is 112 Å². The number of piperazine rings is 1. The van der Waals surface area contributed by atoms with Gasteiger partial charge in [-0.25, -0.2) is 0 Å². The van der Waals surface area contributed by atoms with E-state index >= 15 is 0 Å². The van der Waals surface area contributed by atoms with Gasteiger partial charge in [0.1, 0.15) is 20.1 Å². The second-order valence-corrected chi connectivity index (χ2v) is 15.7. The Hall–Kier alpha value is -3.76. The number of rotatable bonds is 16. The van der Waals surface area contributed by atoms with E-state index in [1.807, 2.05) is 59.5 Å². The highest BCUT2D eigenvalue weighted by Gasteiger charge is 2.33. The highest BCUT2D eigenvalue weighted by molar-refractivity contribution is 8.27. The van der Waals surface area contributed by atoms with Gasteiger partial charge < -0.3 is 19.7 Å². The second kappa shape index (κ2) is 19.4. The van der Waals surface area contributed by atoms with Crippen LogP contribution in [0, 0.1) is 0 Å². The molecule has 3 heterocycles. The Labute approximate surface area is 324 Å². The Bertz CT molecular complexity index is 1710. The van der Waals surface area contributed by atoms with Gasteiger partial charge in [-0.15, -0.1) is 0 Å². The van der Waals surface area contributed by atoms with E-state index in [4.69, 9.17) is 33.9 Å². The zero-order valence-corrected chi connectivity index (χ0v) is 32.6. The minimum atomic E-state index is -0.193. The number of unbranched alkanes of at least 4 members (excludes halogenated alkanes) is 2. The van der Waals surface area contributed by atoms with Crippen LogP contribution in [0.1, 0.15) is 43.2 Å². The number of thioether (sulfide) groups is 2. The van der Waals surface area contributed by atoms with E-state index in [1.165, 1.54) is 28.4 Å². The molecule has 11 nitrogen and oxygen atoms in total. The first-order valence-electron chi connectivity index (χ1n) is 17.2. The summed E-state index contributed by atoms with van der Waals surface area (Å²) in [6, 6.07) is 14.9. The molecule has 2 aromatic carbocycles. The van der Waals surface area contributed by atoms with E-state index in [9.17, 15) is 19.2 Å². The van der Waals surface area contributed by atoms with Crippen LogP contribution in [0.5, 0.6) is 11.5 Å². The summed E-state index contributed by atoms with van der Waals surface area (Å²) in [6.07, 6.45) is 6.65. The molecule has 0 atom stereocenters. The maximum atomic E-state index is 12.9. The maximum absolute atomic E-state index is 12.9. The Balaban J connectivity index is 0.918. The number of carbonyl (C=O) groups is 4. The second-order valence-electron chi connectivity index (χ2n) is 12.3. The lowest BCUT2D eigenvalue weighted by Gasteiger charge is -2.34. The summed E-state index contributed by atoms with van der Waals surface area (Å²) < 4.78 is 11.4. The normalized spacial score (nSPS) is 18.2. The number of methoxy groups -OCH3 is 2. The summed E-state index contributed by atoms with van der Waals surface area (Å²) >= 11 is 13.4. The summed E-state index contributed by atoms with van der Waals surface area (Å²) in [5, 5.41) is 2.95. The highest BCUT2D eigenvalue weighted by Crippen LogP contribution is 2.34. The minimum absolute atomic E-state index is 0.0741. The standard InChI is InChI=1S/C37H43N5O6S4/c1-47-28-11-7-26(8-12-28)24-30-34(45)41(36(49)51-30)17-5-3-4-6-33(44)40-22-20-39(21-23-40)19-16-38-32(43)15-18-42-35(46)31(52-37(42)50)25-27-9-13-29(48-2)14-10-27/h7-14,24-25H,3-6,15-23H2,1-2H3,(H,38,43). The minimum Gasteiger partial charge on any atom is -0.497 e. The van der Waals surface area contributed by atoms with Gasteiger partial charge in [-0.2, -0.15) is 0 Å². The van der Waals surface area contributed by atoms with Gasteiger partial charge in [-0.1, -0.05) is 78.6 Å². The van der Waals surface area contributed by atoms with Gasteiger partial charge >= 0.3 is 0 Å². The van der Waals surface area contributed by atoms with Gasteiger partial charge in [-0.3, -0.25) is 33.9 Å². The molecule has 276 valence electrons. The predicted octanol–water partition coefficient (Wildman–Crippen LogP) is 5.02. The van der Waals surface area contributed by atoms with Gasteiger partial charge in [0.15, 0.2) is 0 Å². The Kier molecular flexibility index (Phi) is 14.7. The Morgan fingerprint density at radius 3 is 1.75 bits per heavy atom. The number of hydrogen-bond donors (Lipinski definition) is 1. The third kappa shape index (κ3) is 10.9. The largest absolute Gasteiger partial charge is 0.497 e. The summed E-state index contributed by atoms with van der Waals surface area (Å²) in [7, 11) is 3.22. The molecule has 0 aliphatic carbocycles. The van der Waals surface area contributed by atoms with Crippen molar-refractivity contribution < 1.29 is 28.7 Å². The maximum Gasteiger partial charge on any atom is 0.266 e. The van der Waals surface area contributed by atoms with Gasteiger partial charge in [0.25, 0.3) is 11.8 Å². The lowest BCUT2D eigenvalue weighted by Crippen LogP contribution is -2.50. The zero-order chi connectivity index (χ0) is 37.0. The van der Waals surface area contributed by atoms with Crippen molar-refractivity contribution in [3.63, 3.8) is 0 Å². The molecule has 52 heavy (non-hydrogen) atoms. The molecule has 3 saturated heterocycles. The quantitative estimate of drug-likeness (QED) is 0.141. The first kappa shape index (κ1) is 39.4. The molecule has 0 aromatic heterocycles. The number of thiocarbonyl (C=S) groups is 2. The number of hydrogen-bond acceptors (Lipinski definition) is 11. The van der Waals surface area contributed by atoms with Crippen molar-refractivity contribution in [2.75, 3.05) is 66.6 Å². The van der Waals surface area contributed by atoms with Crippen molar-refractivity contribution in [1.82, 2.24) is 24.9 Å². The molecular formula is C37H43N5O6S4. The van der Waals surface area contributed by atoms with Crippen LogP contribution < -0.4 is 14.8 Å². The van der Waals surface area contributed by atoms with Gasteiger partial charge in [-0.05, 0) is 60.4 Å². The lowest BCUT2D eigenvalue weighted by molar-refractivity contribution is -0.133. The monoisotopic (exact) mass is 781 g/mol. The molecule has 0 saturated carbocycles. The van der Waals surface area contributed by atoms with Gasteiger partial charge in [0, 0.05) is 65.2 Å². The van der Waals surface area contributed by atoms with Crippen molar-refractivity contribution in [3.8, 4) is 11.5 Å². The SMILES string of the molecule is COc1ccc(C=C2SC(=S)N(CCCCCC(=O)N3CCN(CCNC(=O)CCN4C(=O)C(=Cc5ccc(OC)cc5)SC4=S)CC3)C2=O)cc1. The fourth-order valence-corrected chi connectivity index (χ4v) is 8.46. The van der Waals surface area contributed by atoms with Crippen molar-refractivity contribution in [2.24, 2.45) is 0 Å². The van der Waals surface area contributed by atoms with Crippen LogP contribution in [0.15, 0.2) is 58.3 Å². The molecule has 1 N–H and O–H groups in total. The highest BCUT2D eigenvalue weighted by atomic mass is 32.2. The fourth-order valence-electron chi connectivity index (χ4n) is 5.85. The molecule has 3 aliphatic heterocycles. The fraction of sp³-hybridized carbons (Fsp3) is 0.405. The summed E-state index contributed by atoms with van der Waals surface area (Å²) in [4.78, 5) is 59.7. The first-order chi connectivity index (χ1) is 25.1. The van der Waals surface area contributed by atoms with Crippen LogP contribution in [0.2, 0.25) is 0 Å². The molecule has 0 radical (unpaired) electrons. The molecule has 15 heteroatoms. The van der Waals surface area contributed by atoms with Crippen LogP contribution >= 0.6 is 48.0 Å². The number of ether oxygens (including phenoxy) is 2. The molecule has 5 rings (SSSR count). The molecule has 2 aromatic rings. The van der Waals surface area contributed by atoms with Crippen LogP contribution in [0.4, 0.5) is 0 Å². The van der Waals surface area contributed by atoms with Crippen molar-refractivity contribution in [2.45, 2.75) is 32.1 Å². The number of benzene rings is 2. The smallest absolute Gasteiger partial charge is 0.266 e. The van der Waals surface area contributed by atoms with Crippen LogP contribution in [0.25, 0.3) is 12.2 Å². The van der Waals surface area contributed by atoms with E-state index in [1.54, 1.807) is 25.2 Å². The summed E-state index contributed by atoms with van der Waals surface area (Å²) in [5.74, 6) is 1.24. The average Bonchev–Trinajstić information content (AvgIpc) is 3.58. The summed E-state index contributed by atoms with van der Waals surface area (Å²) in [6.45, 7) is 4.75. The van der Waals surface area contributed by atoms with Crippen LogP contribution in [-0.4, -0.2) is 118 Å². The Morgan fingerprint density at radius 2 is 1.23 bits per heavy atom. The lowest BCUT2D eigenvalue weighted by atomic mass is 10.1. The molecule has 3 fully saturated rings. The molecule has 0 bridgehead atoms. The third-order valence-corrected chi connectivity index (χ3v) is 11.6. The molecule has 3 aliphatic rings. The zero-order valence-electron chi connectivity index (χ0n) is 29.3. The van der Waals surface area contributed by atoms with Crippen molar-refractivity contribution >= 4 is 92.4 Å².